The number of hydrogen-bond donors (Lipinski definition) is 1. The number of fused-ring (bicyclic) bond motifs is 4. The Kier molecular flexibility index (Phi) is 6.75. The molecule has 0 amide bonds. The molecule has 0 spiro atoms. The molecular weight excluding hydrogens is 585 g/mol. The van der Waals surface area contributed by atoms with Gasteiger partial charge in [-0.05, 0) is 96.3 Å². The van der Waals surface area contributed by atoms with Crippen LogP contribution in [0.4, 0.5) is 45.5 Å². The summed E-state index contributed by atoms with van der Waals surface area (Å²) in [6, 6.07) is 58.0. The Labute approximate surface area is 281 Å². The Morgan fingerprint density at radius 3 is 1.98 bits per heavy atom. The first-order chi connectivity index (χ1) is 23.7. The van der Waals surface area contributed by atoms with Crippen LogP contribution in [-0.2, 0) is 0 Å². The molecule has 7 aromatic rings. The Morgan fingerprint density at radius 1 is 0.562 bits per heavy atom. The second-order valence-electron chi connectivity index (χ2n) is 12.4. The zero-order chi connectivity index (χ0) is 32.0. The highest BCUT2D eigenvalue weighted by atomic mass is 16.5. The quantitative estimate of drug-likeness (QED) is 0.195. The maximum Gasteiger partial charge on any atom is 0.198 e. The van der Waals surface area contributed by atoms with Crippen LogP contribution >= 0.6 is 0 Å². The number of benzene rings is 7. The highest BCUT2D eigenvalue weighted by Crippen LogP contribution is 2.48. The predicted molar refractivity (Wildman–Crippen MR) is 202 cm³/mol. The lowest BCUT2D eigenvalue weighted by Crippen LogP contribution is -2.41. The van der Waals surface area contributed by atoms with Gasteiger partial charge in [0.15, 0.2) is 18.8 Å². The van der Waals surface area contributed by atoms with E-state index >= 15 is 0 Å². The summed E-state index contributed by atoms with van der Waals surface area (Å²) < 4.78 is 6.39. The first-order valence-corrected chi connectivity index (χ1v) is 16.4. The molecule has 0 aromatic heterocycles. The normalized spacial score (nSPS) is 12.3. The van der Waals surface area contributed by atoms with Crippen LogP contribution in [0.2, 0.25) is 0 Å². The van der Waals surface area contributed by atoms with E-state index in [1.54, 1.807) is 0 Å². The van der Waals surface area contributed by atoms with Crippen LogP contribution in [0.25, 0.3) is 11.1 Å². The molecule has 0 fully saturated rings. The summed E-state index contributed by atoms with van der Waals surface area (Å²) in [7, 11) is 0.807. The molecule has 0 bridgehead atoms. The van der Waals surface area contributed by atoms with Crippen molar-refractivity contribution >= 4 is 63.7 Å². The van der Waals surface area contributed by atoms with Gasteiger partial charge in [0.25, 0.3) is 0 Å². The number of aryl methyl sites for hydroxylation is 1. The van der Waals surface area contributed by atoms with Crippen molar-refractivity contribution in [3.63, 3.8) is 0 Å². The molecule has 0 aliphatic carbocycles. The van der Waals surface area contributed by atoms with E-state index in [-0.39, 0.29) is 0 Å². The molecule has 0 saturated heterocycles. The van der Waals surface area contributed by atoms with Crippen molar-refractivity contribution in [2.45, 2.75) is 6.92 Å². The summed E-state index contributed by atoms with van der Waals surface area (Å²) >= 11 is 0. The second kappa shape index (κ2) is 11.6. The molecule has 4 nitrogen and oxygen atoms in total. The van der Waals surface area contributed by atoms with Gasteiger partial charge >= 0.3 is 0 Å². The molecule has 228 valence electrons. The molecule has 2 heterocycles. The van der Waals surface area contributed by atoms with Crippen molar-refractivity contribution in [1.29, 1.82) is 0 Å². The molecule has 7 aromatic carbocycles. The summed E-state index contributed by atoms with van der Waals surface area (Å²) in [5.74, 6) is 1.68. The first-order valence-electron chi connectivity index (χ1n) is 16.4. The van der Waals surface area contributed by atoms with Crippen molar-refractivity contribution < 1.29 is 4.74 Å². The van der Waals surface area contributed by atoms with E-state index in [1.165, 1.54) is 33.4 Å². The molecule has 9 rings (SSSR count). The number of hydrogen-bond acceptors (Lipinski definition) is 4. The van der Waals surface area contributed by atoms with E-state index in [0.29, 0.717) is 0 Å². The third kappa shape index (κ3) is 4.80. The smallest absolute Gasteiger partial charge is 0.198 e. The molecule has 0 saturated carbocycles. The Morgan fingerprint density at radius 2 is 1.23 bits per heavy atom. The minimum atomic E-state index is 0.807. The standard InChI is InChI=1S/C43H32BN3O/c1-29-26-35(34-20-13-23-41-43(34)45-37-21-11-12-22-40(37)48-41)42-39(27-29)47(32-18-9-4-10-19-32)38-28-33(24-25-36(38)44-42)46(30-14-5-2-6-15-30)31-16-7-3-8-17-31/h2-28,44-45H,1H3. The number of para-hydroxylation sites is 6. The van der Waals surface area contributed by atoms with Crippen LogP contribution in [0.1, 0.15) is 5.56 Å². The Hall–Kier alpha value is -6.20. The number of ether oxygens (including phenoxy) is 1. The zero-order valence-electron chi connectivity index (χ0n) is 26.6. The Bertz CT molecular complexity index is 2250. The van der Waals surface area contributed by atoms with Crippen molar-refractivity contribution in [3.05, 3.63) is 169 Å². The maximum atomic E-state index is 6.39. The number of nitrogens with one attached hydrogen (secondary N) is 1. The van der Waals surface area contributed by atoms with Gasteiger partial charge < -0.3 is 19.9 Å². The van der Waals surface area contributed by atoms with Gasteiger partial charge in [-0.15, -0.1) is 0 Å². The SMILES string of the molecule is Cc1cc(-c2cccc3c2Nc2ccccc2O3)c2c(c1)N(c1ccccc1)c1cc(N(c3ccccc3)c3ccccc3)ccc1B2. The summed E-state index contributed by atoms with van der Waals surface area (Å²) in [5.41, 5.74) is 15.0. The summed E-state index contributed by atoms with van der Waals surface area (Å²) in [6.45, 7) is 2.19. The maximum absolute atomic E-state index is 6.39. The monoisotopic (exact) mass is 617 g/mol. The average molecular weight is 618 g/mol. The van der Waals surface area contributed by atoms with E-state index in [0.717, 1.165) is 58.5 Å². The van der Waals surface area contributed by atoms with Gasteiger partial charge in [0.2, 0.25) is 0 Å². The number of anilines is 8. The second-order valence-corrected chi connectivity index (χ2v) is 12.4. The molecule has 2 aliphatic heterocycles. The lowest BCUT2D eigenvalue weighted by Gasteiger charge is -2.36. The zero-order valence-corrected chi connectivity index (χ0v) is 26.6. The van der Waals surface area contributed by atoms with Gasteiger partial charge in [0, 0.05) is 39.7 Å². The van der Waals surface area contributed by atoms with E-state index in [1.807, 2.05) is 24.3 Å². The number of rotatable bonds is 5. The highest BCUT2D eigenvalue weighted by Gasteiger charge is 2.30. The lowest BCUT2D eigenvalue weighted by atomic mass is 9.58. The molecule has 48 heavy (non-hydrogen) atoms. The minimum absolute atomic E-state index is 0.807. The van der Waals surface area contributed by atoms with Crippen molar-refractivity contribution in [1.82, 2.24) is 0 Å². The first kappa shape index (κ1) is 28.1. The van der Waals surface area contributed by atoms with Crippen molar-refractivity contribution in [3.8, 4) is 22.6 Å². The van der Waals surface area contributed by atoms with Crippen molar-refractivity contribution in [2.24, 2.45) is 0 Å². The fraction of sp³-hybridized carbons (Fsp3) is 0.0233. The highest BCUT2D eigenvalue weighted by molar-refractivity contribution is 6.73. The van der Waals surface area contributed by atoms with E-state index in [4.69, 9.17) is 4.74 Å². The third-order valence-corrected chi connectivity index (χ3v) is 9.27. The van der Waals surface area contributed by atoms with Gasteiger partial charge in [-0.3, -0.25) is 0 Å². The van der Waals surface area contributed by atoms with Crippen LogP contribution in [0.3, 0.4) is 0 Å². The molecule has 5 heteroatoms. The van der Waals surface area contributed by atoms with Crippen LogP contribution in [-0.4, -0.2) is 7.28 Å². The summed E-state index contributed by atoms with van der Waals surface area (Å²) in [5, 5.41) is 3.70. The molecule has 1 N–H and O–H groups in total. The van der Waals surface area contributed by atoms with Crippen molar-refractivity contribution in [2.75, 3.05) is 15.1 Å². The molecule has 0 atom stereocenters. The summed E-state index contributed by atoms with van der Waals surface area (Å²) in [4.78, 5) is 4.78. The van der Waals surface area contributed by atoms with E-state index in [2.05, 4.69) is 162 Å². The largest absolute Gasteiger partial charge is 0.453 e. The third-order valence-electron chi connectivity index (χ3n) is 9.27. The molecule has 0 unspecified atom stereocenters. The Balaban J connectivity index is 1.23. The van der Waals surface area contributed by atoms with Gasteiger partial charge in [-0.2, -0.15) is 0 Å². The van der Waals surface area contributed by atoms with Gasteiger partial charge in [0.1, 0.15) is 0 Å². The number of nitrogens with zero attached hydrogens (tertiary/aromatic N) is 2. The van der Waals surface area contributed by atoms with Crippen LogP contribution in [0.5, 0.6) is 11.5 Å². The van der Waals surface area contributed by atoms with E-state index in [9.17, 15) is 0 Å². The summed E-state index contributed by atoms with van der Waals surface area (Å²) in [6.07, 6.45) is 0. The van der Waals surface area contributed by atoms with Crippen LogP contribution in [0.15, 0.2) is 164 Å². The van der Waals surface area contributed by atoms with Crippen LogP contribution in [0, 0.1) is 6.92 Å². The fourth-order valence-corrected chi connectivity index (χ4v) is 7.13. The molecule has 2 aliphatic rings. The van der Waals surface area contributed by atoms with E-state index < -0.39 is 0 Å². The average Bonchev–Trinajstić information content (AvgIpc) is 3.14. The van der Waals surface area contributed by atoms with Gasteiger partial charge in [-0.25, -0.2) is 0 Å². The molecular formula is C43H32BN3O. The van der Waals surface area contributed by atoms with Gasteiger partial charge in [0.05, 0.1) is 11.4 Å². The predicted octanol–water partition coefficient (Wildman–Crippen LogP) is 10.2. The fourth-order valence-electron chi connectivity index (χ4n) is 7.13. The lowest BCUT2D eigenvalue weighted by molar-refractivity contribution is 0.481. The van der Waals surface area contributed by atoms with Gasteiger partial charge in [-0.1, -0.05) is 96.5 Å². The molecule has 0 radical (unpaired) electrons. The minimum Gasteiger partial charge on any atom is -0.453 e. The van der Waals surface area contributed by atoms with Crippen LogP contribution < -0.4 is 30.8 Å². The topological polar surface area (TPSA) is 27.7 Å².